The van der Waals surface area contributed by atoms with E-state index < -0.39 is 0 Å². The highest BCUT2D eigenvalue weighted by atomic mass is 16.5. The van der Waals surface area contributed by atoms with Crippen LogP contribution in [0.25, 0.3) is 10.8 Å². The summed E-state index contributed by atoms with van der Waals surface area (Å²) >= 11 is 0. The summed E-state index contributed by atoms with van der Waals surface area (Å²) in [5, 5.41) is 5.38. The maximum Gasteiger partial charge on any atom is 0.305 e. The Morgan fingerprint density at radius 1 is 0.838 bits per heavy atom. The molecule has 4 aromatic carbocycles. The quantitative estimate of drug-likeness (QED) is 0.249. The minimum Gasteiger partial charge on any atom is -0.497 e. The van der Waals surface area contributed by atoms with Gasteiger partial charge in [0.1, 0.15) is 17.2 Å². The fourth-order valence-corrected chi connectivity index (χ4v) is 4.35. The fraction of sp³-hybridized carbons (Fsp3) is 0.226. The normalized spacial score (nSPS) is 11.5. The van der Waals surface area contributed by atoms with Crippen molar-refractivity contribution in [2.45, 2.75) is 32.2 Å². The van der Waals surface area contributed by atoms with Crippen molar-refractivity contribution < 1.29 is 23.8 Å². The Hall–Kier alpha value is -4.32. The zero-order chi connectivity index (χ0) is 26.2. The van der Waals surface area contributed by atoms with Gasteiger partial charge in [-0.25, -0.2) is 0 Å². The van der Waals surface area contributed by atoms with E-state index in [-0.39, 0.29) is 24.3 Å². The summed E-state index contributed by atoms with van der Waals surface area (Å²) in [5.41, 5.74) is 2.39. The summed E-state index contributed by atoms with van der Waals surface area (Å²) < 4.78 is 16.1. The van der Waals surface area contributed by atoms with Gasteiger partial charge in [0, 0.05) is 18.1 Å². The average Bonchev–Trinajstić information content (AvgIpc) is 2.93. The van der Waals surface area contributed by atoms with Gasteiger partial charge >= 0.3 is 5.97 Å². The molecule has 6 heteroatoms. The first-order valence-corrected chi connectivity index (χ1v) is 12.3. The molecule has 1 atom stereocenters. The number of carbonyl (C=O) groups excluding carboxylic acids is 2. The molecule has 37 heavy (non-hydrogen) atoms. The van der Waals surface area contributed by atoms with E-state index in [9.17, 15) is 9.59 Å². The van der Waals surface area contributed by atoms with Gasteiger partial charge in [-0.1, -0.05) is 54.6 Å². The van der Waals surface area contributed by atoms with Gasteiger partial charge in [0.15, 0.2) is 0 Å². The van der Waals surface area contributed by atoms with Gasteiger partial charge in [-0.3, -0.25) is 9.59 Å². The third kappa shape index (κ3) is 6.47. The Labute approximate surface area is 217 Å². The molecule has 0 unspecified atom stereocenters. The first-order valence-electron chi connectivity index (χ1n) is 12.3. The largest absolute Gasteiger partial charge is 0.497 e. The average molecular weight is 498 g/mol. The van der Waals surface area contributed by atoms with Crippen LogP contribution in [-0.2, 0) is 16.0 Å². The van der Waals surface area contributed by atoms with Crippen molar-refractivity contribution in [3.8, 4) is 17.2 Å². The summed E-state index contributed by atoms with van der Waals surface area (Å²) in [7, 11) is 2.97. The van der Waals surface area contributed by atoms with E-state index >= 15 is 0 Å². The first-order chi connectivity index (χ1) is 18.0. The highest BCUT2D eigenvalue weighted by Crippen LogP contribution is 2.29. The van der Waals surface area contributed by atoms with Gasteiger partial charge in [0.2, 0.25) is 0 Å². The molecule has 1 N–H and O–H groups in total. The lowest BCUT2D eigenvalue weighted by Gasteiger charge is -2.19. The number of rotatable bonds is 10. The highest BCUT2D eigenvalue weighted by Gasteiger charge is 2.18. The summed E-state index contributed by atoms with van der Waals surface area (Å²) in [6.07, 6.45) is 1.41. The van der Waals surface area contributed by atoms with Crippen molar-refractivity contribution >= 4 is 22.6 Å². The molecule has 0 bridgehead atoms. The van der Waals surface area contributed by atoms with E-state index in [2.05, 4.69) is 23.5 Å². The van der Waals surface area contributed by atoms with E-state index in [4.69, 9.17) is 14.2 Å². The molecule has 0 saturated carbocycles. The Bertz CT molecular complexity index is 1390. The molecule has 0 radical (unpaired) electrons. The number of aryl methyl sites for hydroxylation is 1. The Morgan fingerprint density at radius 3 is 2.38 bits per heavy atom. The number of hydrogen-bond donors (Lipinski definition) is 1. The maximum absolute atomic E-state index is 13.6. The topological polar surface area (TPSA) is 73.9 Å². The molecule has 6 nitrogen and oxygen atoms in total. The van der Waals surface area contributed by atoms with Crippen molar-refractivity contribution in [3.63, 3.8) is 0 Å². The summed E-state index contributed by atoms with van der Waals surface area (Å²) in [5.74, 6) is 1.35. The van der Waals surface area contributed by atoms with E-state index in [1.54, 1.807) is 19.2 Å². The smallest absolute Gasteiger partial charge is 0.305 e. The monoisotopic (exact) mass is 497 g/mol. The van der Waals surface area contributed by atoms with Crippen LogP contribution in [0.2, 0.25) is 0 Å². The van der Waals surface area contributed by atoms with E-state index in [1.165, 1.54) is 7.11 Å². The number of carbonyl (C=O) groups is 2. The fourth-order valence-electron chi connectivity index (χ4n) is 4.35. The van der Waals surface area contributed by atoms with Crippen molar-refractivity contribution in [2.24, 2.45) is 0 Å². The van der Waals surface area contributed by atoms with Crippen LogP contribution in [0.4, 0.5) is 0 Å². The van der Waals surface area contributed by atoms with Crippen LogP contribution >= 0.6 is 0 Å². The molecule has 0 aliphatic rings. The second kappa shape index (κ2) is 12.1. The van der Waals surface area contributed by atoms with Gasteiger partial charge in [-0.15, -0.1) is 0 Å². The molecule has 1 amide bonds. The standard InChI is InChI=1S/C31H31NO5/c1-21(27-15-6-10-22-9-4-5-14-28(22)27)32-31(34)29-20-26(37-25-13-8-12-24(19-25)35-2)18-17-23(29)11-7-16-30(33)36-3/h4-6,8-10,12-15,17-21H,7,11,16H2,1-3H3,(H,32,34)/t21-/m1/s1. The summed E-state index contributed by atoms with van der Waals surface area (Å²) in [6.45, 7) is 1.98. The number of amides is 1. The van der Waals surface area contributed by atoms with Gasteiger partial charge < -0.3 is 19.5 Å². The van der Waals surface area contributed by atoms with Crippen molar-refractivity contribution in [1.29, 1.82) is 0 Å². The van der Waals surface area contributed by atoms with Crippen LogP contribution in [0.5, 0.6) is 17.2 Å². The number of esters is 1. The number of ether oxygens (including phenoxy) is 3. The lowest BCUT2D eigenvalue weighted by atomic mass is 9.98. The Kier molecular flexibility index (Phi) is 8.41. The number of fused-ring (bicyclic) bond motifs is 1. The summed E-state index contributed by atoms with van der Waals surface area (Å²) in [4.78, 5) is 25.2. The molecule has 0 aliphatic carbocycles. The molecular weight excluding hydrogens is 466 g/mol. The number of methoxy groups -OCH3 is 2. The van der Waals surface area contributed by atoms with Crippen molar-refractivity contribution in [2.75, 3.05) is 14.2 Å². The number of hydrogen-bond acceptors (Lipinski definition) is 5. The molecule has 190 valence electrons. The molecule has 0 fully saturated rings. The van der Waals surface area contributed by atoms with Gasteiger partial charge in [-0.2, -0.15) is 0 Å². The SMILES string of the molecule is COC(=O)CCCc1ccc(Oc2cccc(OC)c2)cc1C(=O)N[C@H](C)c1cccc2ccccc12. The van der Waals surface area contributed by atoms with Crippen LogP contribution in [0.3, 0.4) is 0 Å². The molecule has 0 aliphatic heterocycles. The van der Waals surface area contributed by atoms with Gasteiger partial charge in [0.05, 0.1) is 20.3 Å². The molecular formula is C31H31NO5. The molecule has 0 spiro atoms. The molecule has 0 saturated heterocycles. The minimum absolute atomic E-state index is 0.204. The van der Waals surface area contributed by atoms with Crippen LogP contribution in [-0.4, -0.2) is 26.1 Å². The first kappa shape index (κ1) is 25.8. The highest BCUT2D eigenvalue weighted by molar-refractivity contribution is 5.97. The molecule has 0 aromatic heterocycles. The molecule has 0 heterocycles. The second-order valence-electron chi connectivity index (χ2n) is 8.79. The van der Waals surface area contributed by atoms with Gasteiger partial charge in [0.25, 0.3) is 5.91 Å². The van der Waals surface area contributed by atoms with E-state index in [0.29, 0.717) is 35.7 Å². The van der Waals surface area contributed by atoms with Gasteiger partial charge in [-0.05, 0) is 65.9 Å². The zero-order valence-electron chi connectivity index (χ0n) is 21.3. The van der Waals surface area contributed by atoms with Crippen molar-refractivity contribution in [1.82, 2.24) is 5.32 Å². The van der Waals surface area contributed by atoms with Crippen LogP contribution in [0.15, 0.2) is 84.9 Å². The lowest BCUT2D eigenvalue weighted by Crippen LogP contribution is -2.27. The Balaban J connectivity index is 1.60. The molecule has 4 aromatic rings. The summed E-state index contributed by atoms with van der Waals surface area (Å²) in [6, 6.07) is 26.8. The zero-order valence-corrected chi connectivity index (χ0v) is 21.3. The lowest BCUT2D eigenvalue weighted by molar-refractivity contribution is -0.140. The predicted octanol–water partition coefficient (Wildman–Crippen LogP) is 6.63. The van der Waals surface area contributed by atoms with E-state index in [0.717, 1.165) is 21.9 Å². The predicted molar refractivity (Wildman–Crippen MR) is 144 cm³/mol. The van der Waals surface area contributed by atoms with Crippen molar-refractivity contribution in [3.05, 3.63) is 102 Å². The maximum atomic E-state index is 13.6. The number of benzene rings is 4. The van der Waals surface area contributed by atoms with Crippen LogP contribution in [0, 0.1) is 0 Å². The number of nitrogens with one attached hydrogen (secondary N) is 1. The Morgan fingerprint density at radius 2 is 1.57 bits per heavy atom. The minimum atomic E-state index is -0.270. The molecule has 4 rings (SSSR count). The van der Waals surface area contributed by atoms with Crippen LogP contribution < -0.4 is 14.8 Å². The van der Waals surface area contributed by atoms with E-state index in [1.807, 2.05) is 61.5 Å². The third-order valence-corrected chi connectivity index (χ3v) is 6.30. The second-order valence-corrected chi connectivity index (χ2v) is 8.79. The van der Waals surface area contributed by atoms with Crippen LogP contribution in [0.1, 0.15) is 47.3 Å². The third-order valence-electron chi connectivity index (χ3n) is 6.30.